The quantitative estimate of drug-likeness (QED) is 0.652. The number of aryl methyl sites for hydroxylation is 1. The van der Waals surface area contributed by atoms with Crippen molar-refractivity contribution in [2.45, 2.75) is 26.3 Å². The van der Waals surface area contributed by atoms with Crippen LogP contribution in [0.3, 0.4) is 0 Å². The van der Waals surface area contributed by atoms with E-state index in [-0.39, 0.29) is 18.2 Å². The lowest BCUT2D eigenvalue weighted by Gasteiger charge is -2.26. The van der Waals surface area contributed by atoms with E-state index in [9.17, 15) is 9.59 Å². The topological polar surface area (TPSA) is 71.5 Å². The first-order valence-corrected chi connectivity index (χ1v) is 10.7. The number of thiazole rings is 1. The van der Waals surface area contributed by atoms with Crippen molar-refractivity contribution in [3.63, 3.8) is 0 Å². The van der Waals surface area contributed by atoms with Crippen molar-refractivity contribution in [2.75, 3.05) is 18.5 Å². The van der Waals surface area contributed by atoms with E-state index in [1.807, 2.05) is 66.4 Å². The third-order valence-electron chi connectivity index (χ3n) is 4.90. The SMILES string of the molecule is Cc1ccc(OCCC(=O)Nc2nc3c(s2)CN(C(=O)c2ccccc2)CC3)cc1. The molecule has 1 aliphatic rings. The monoisotopic (exact) mass is 421 g/mol. The fourth-order valence-electron chi connectivity index (χ4n) is 3.26. The molecule has 4 rings (SSSR count). The molecule has 154 valence electrons. The second kappa shape index (κ2) is 9.09. The molecule has 2 aromatic carbocycles. The fraction of sp³-hybridized carbons (Fsp3) is 0.261. The Morgan fingerprint density at radius 1 is 1.13 bits per heavy atom. The molecule has 7 heteroatoms. The molecule has 0 unspecified atom stereocenters. The lowest BCUT2D eigenvalue weighted by Crippen LogP contribution is -2.35. The van der Waals surface area contributed by atoms with Gasteiger partial charge in [0.1, 0.15) is 5.75 Å². The van der Waals surface area contributed by atoms with Crippen LogP contribution in [-0.4, -0.2) is 34.8 Å². The molecule has 0 aliphatic carbocycles. The number of carbonyl (C=O) groups excluding carboxylic acids is 2. The number of fused-ring (bicyclic) bond motifs is 1. The average molecular weight is 422 g/mol. The molecule has 6 nitrogen and oxygen atoms in total. The van der Waals surface area contributed by atoms with Gasteiger partial charge in [0.15, 0.2) is 5.13 Å². The first-order valence-electron chi connectivity index (χ1n) is 9.91. The Morgan fingerprint density at radius 2 is 1.90 bits per heavy atom. The Morgan fingerprint density at radius 3 is 2.67 bits per heavy atom. The number of nitrogens with zero attached hydrogens (tertiary/aromatic N) is 2. The van der Waals surface area contributed by atoms with E-state index in [2.05, 4.69) is 10.3 Å². The molecule has 1 aromatic heterocycles. The standard InChI is InChI=1S/C23H23N3O3S/c1-16-7-9-18(10-8-16)29-14-12-21(27)25-23-24-19-11-13-26(15-20(19)30-23)22(28)17-5-3-2-4-6-17/h2-10H,11-15H2,1H3,(H,24,25,27). The van der Waals surface area contributed by atoms with Crippen molar-refractivity contribution in [1.82, 2.24) is 9.88 Å². The van der Waals surface area contributed by atoms with Crippen LogP contribution >= 0.6 is 11.3 Å². The van der Waals surface area contributed by atoms with Crippen molar-refractivity contribution in [2.24, 2.45) is 0 Å². The number of benzene rings is 2. The van der Waals surface area contributed by atoms with Crippen molar-refractivity contribution < 1.29 is 14.3 Å². The maximum atomic E-state index is 12.7. The summed E-state index contributed by atoms with van der Waals surface area (Å²) in [5.41, 5.74) is 2.81. The van der Waals surface area contributed by atoms with E-state index >= 15 is 0 Å². The summed E-state index contributed by atoms with van der Waals surface area (Å²) in [6.45, 7) is 3.47. The molecule has 0 atom stereocenters. The molecule has 0 bridgehead atoms. The van der Waals surface area contributed by atoms with E-state index in [0.717, 1.165) is 21.9 Å². The lowest BCUT2D eigenvalue weighted by atomic mass is 10.1. The molecule has 0 saturated carbocycles. The van der Waals surface area contributed by atoms with Crippen molar-refractivity contribution in [3.8, 4) is 5.75 Å². The Hall–Kier alpha value is -3.19. The highest BCUT2D eigenvalue weighted by Crippen LogP contribution is 2.29. The van der Waals surface area contributed by atoms with Gasteiger partial charge in [0.2, 0.25) is 5.91 Å². The van der Waals surface area contributed by atoms with Crippen LogP contribution in [0.5, 0.6) is 5.75 Å². The summed E-state index contributed by atoms with van der Waals surface area (Å²) in [6.07, 6.45) is 0.938. The summed E-state index contributed by atoms with van der Waals surface area (Å²) in [7, 11) is 0. The van der Waals surface area contributed by atoms with E-state index in [1.165, 1.54) is 11.3 Å². The summed E-state index contributed by atoms with van der Waals surface area (Å²) in [6, 6.07) is 17.0. The lowest BCUT2D eigenvalue weighted by molar-refractivity contribution is -0.116. The van der Waals surface area contributed by atoms with Gasteiger partial charge in [0, 0.05) is 23.4 Å². The van der Waals surface area contributed by atoms with Gasteiger partial charge >= 0.3 is 0 Å². The fourth-order valence-corrected chi connectivity index (χ4v) is 4.30. The third-order valence-corrected chi connectivity index (χ3v) is 5.90. The zero-order valence-corrected chi connectivity index (χ0v) is 17.6. The first kappa shape index (κ1) is 20.1. The summed E-state index contributed by atoms with van der Waals surface area (Å²) in [5, 5.41) is 3.43. The number of nitrogens with one attached hydrogen (secondary N) is 1. The number of carbonyl (C=O) groups is 2. The highest BCUT2D eigenvalue weighted by atomic mass is 32.1. The Labute approximate surface area is 179 Å². The van der Waals surface area contributed by atoms with Gasteiger partial charge in [-0.3, -0.25) is 9.59 Å². The predicted molar refractivity (Wildman–Crippen MR) is 117 cm³/mol. The normalized spacial score (nSPS) is 12.9. The predicted octanol–water partition coefficient (Wildman–Crippen LogP) is 4.06. The molecule has 0 radical (unpaired) electrons. The second-order valence-corrected chi connectivity index (χ2v) is 8.27. The Kier molecular flexibility index (Phi) is 6.09. The largest absolute Gasteiger partial charge is 0.493 e. The zero-order chi connectivity index (χ0) is 20.9. The Balaban J connectivity index is 1.30. The summed E-state index contributed by atoms with van der Waals surface area (Å²) >= 11 is 1.43. The molecule has 2 heterocycles. The minimum atomic E-state index is -0.134. The van der Waals surface area contributed by atoms with Crippen LogP contribution in [0.25, 0.3) is 0 Å². The van der Waals surface area contributed by atoms with Gasteiger partial charge in [-0.05, 0) is 31.2 Å². The van der Waals surface area contributed by atoms with Gasteiger partial charge in [-0.2, -0.15) is 0 Å². The molecule has 1 aliphatic heterocycles. The molecular formula is C23H23N3O3S. The summed E-state index contributed by atoms with van der Waals surface area (Å²) in [5.74, 6) is 0.639. The van der Waals surface area contributed by atoms with Gasteiger partial charge in [0.05, 0.1) is 25.3 Å². The molecule has 1 N–H and O–H groups in total. The van der Waals surface area contributed by atoms with Crippen LogP contribution in [0.15, 0.2) is 54.6 Å². The van der Waals surface area contributed by atoms with Gasteiger partial charge in [-0.25, -0.2) is 4.98 Å². The molecule has 0 fully saturated rings. The van der Waals surface area contributed by atoms with E-state index < -0.39 is 0 Å². The molecule has 0 spiro atoms. The van der Waals surface area contributed by atoms with Crippen LogP contribution in [0.2, 0.25) is 0 Å². The van der Waals surface area contributed by atoms with E-state index in [0.29, 0.717) is 36.8 Å². The number of rotatable bonds is 6. The number of hydrogen-bond acceptors (Lipinski definition) is 5. The molecule has 0 saturated heterocycles. The average Bonchev–Trinajstić information content (AvgIpc) is 3.16. The molecule has 3 aromatic rings. The second-order valence-electron chi connectivity index (χ2n) is 7.19. The van der Waals surface area contributed by atoms with Crippen LogP contribution < -0.4 is 10.1 Å². The number of aromatic nitrogens is 1. The number of ether oxygens (including phenoxy) is 1. The summed E-state index contributed by atoms with van der Waals surface area (Å²) in [4.78, 5) is 32.3. The number of amides is 2. The van der Waals surface area contributed by atoms with Crippen molar-refractivity contribution in [1.29, 1.82) is 0 Å². The molecular weight excluding hydrogens is 398 g/mol. The van der Waals surface area contributed by atoms with Crippen molar-refractivity contribution in [3.05, 3.63) is 76.3 Å². The maximum absolute atomic E-state index is 12.7. The summed E-state index contributed by atoms with van der Waals surface area (Å²) < 4.78 is 5.61. The number of anilines is 1. The van der Waals surface area contributed by atoms with Gasteiger partial charge in [-0.1, -0.05) is 47.2 Å². The molecule has 2 amide bonds. The smallest absolute Gasteiger partial charge is 0.254 e. The van der Waals surface area contributed by atoms with Gasteiger partial charge < -0.3 is 15.0 Å². The van der Waals surface area contributed by atoms with E-state index in [1.54, 1.807) is 0 Å². The van der Waals surface area contributed by atoms with E-state index in [4.69, 9.17) is 4.74 Å². The van der Waals surface area contributed by atoms with Crippen molar-refractivity contribution >= 4 is 28.3 Å². The van der Waals surface area contributed by atoms with Crippen LogP contribution in [0.4, 0.5) is 5.13 Å². The minimum absolute atomic E-state index is 0.0218. The Bertz CT molecular complexity index is 1030. The van der Waals surface area contributed by atoms with Gasteiger partial charge in [0.25, 0.3) is 5.91 Å². The minimum Gasteiger partial charge on any atom is -0.493 e. The van der Waals surface area contributed by atoms with Gasteiger partial charge in [-0.15, -0.1) is 0 Å². The zero-order valence-electron chi connectivity index (χ0n) is 16.8. The highest BCUT2D eigenvalue weighted by molar-refractivity contribution is 7.15. The highest BCUT2D eigenvalue weighted by Gasteiger charge is 2.25. The molecule has 30 heavy (non-hydrogen) atoms. The van der Waals surface area contributed by atoms with Crippen LogP contribution in [0, 0.1) is 6.92 Å². The van der Waals surface area contributed by atoms with Crippen LogP contribution in [-0.2, 0) is 17.8 Å². The number of hydrogen-bond donors (Lipinski definition) is 1. The van der Waals surface area contributed by atoms with Crippen LogP contribution in [0.1, 0.15) is 32.9 Å². The first-order chi connectivity index (χ1) is 14.6. The maximum Gasteiger partial charge on any atom is 0.254 e. The third kappa shape index (κ3) is 4.86.